The number of aromatic nitrogens is 1. The monoisotopic (exact) mass is 248 g/mol. The van der Waals surface area contributed by atoms with E-state index in [0.29, 0.717) is 0 Å². The molecular formula is C13H16N2OS. The second-order valence-corrected chi connectivity index (χ2v) is 5.10. The van der Waals surface area contributed by atoms with E-state index in [-0.39, 0.29) is 6.10 Å². The molecule has 0 atom stereocenters. The summed E-state index contributed by atoms with van der Waals surface area (Å²) < 4.78 is 5.70. The van der Waals surface area contributed by atoms with E-state index in [1.165, 1.54) is 11.3 Å². The molecular weight excluding hydrogens is 232 g/mol. The van der Waals surface area contributed by atoms with Gasteiger partial charge in [0.05, 0.1) is 11.6 Å². The Kier molecular flexibility index (Phi) is 3.33. The van der Waals surface area contributed by atoms with Gasteiger partial charge in [0.25, 0.3) is 0 Å². The van der Waals surface area contributed by atoms with Crippen molar-refractivity contribution in [3.8, 4) is 17.0 Å². The van der Waals surface area contributed by atoms with Crippen molar-refractivity contribution in [3.05, 3.63) is 29.3 Å². The molecule has 0 spiro atoms. The first-order valence-corrected chi connectivity index (χ1v) is 6.42. The summed E-state index contributed by atoms with van der Waals surface area (Å²) in [6, 6.07) is 6.03. The molecule has 4 heteroatoms. The van der Waals surface area contributed by atoms with Crippen LogP contribution in [0.15, 0.2) is 23.7 Å². The molecule has 0 unspecified atom stereocenters. The molecule has 3 nitrogen and oxygen atoms in total. The third kappa shape index (κ3) is 2.58. The van der Waals surface area contributed by atoms with Gasteiger partial charge in [0, 0.05) is 5.56 Å². The first-order valence-electron chi connectivity index (χ1n) is 5.54. The van der Waals surface area contributed by atoms with Crippen LogP contribution < -0.4 is 10.5 Å². The van der Waals surface area contributed by atoms with E-state index < -0.39 is 0 Å². The highest BCUT2D eigenvalue weighted by atomic mass is 32.1. The Morgan fingerprint density at radius 1 is 1.35 bits per heavy atom. The summed E-state index contributed by atoms with van der Waals surface area (Å²) in [6.07, 6.45) is 0.184. The van der Waals surface area contributed by atoms with Crippen LogP contribution in [-0.2, 0) is 0 Å². The van der Waals surface area contributed by atoms with Gasteiger partial charge < -0.3 is 10.5 Å². The van der Waals surface area contributed by atoms with Crippen LogP contribution in [0.5, 0.6) is 5.75 Å². The van der Waals surface area contributed by atoms with Crippen LogP contribution in [0.25, 0.3) is 11.3 Å². The Hall–Kier alpha value is -1.55. The van der Waals surface area contributed by atoms with Gasteiger partial charge in [0.1, 0.15) is 16.4 Å². The van der Waals surface area contributed by atoms with E-state index in [4.69, 9.17) is 10.5 Å². The average molecular weight is 248 g/mol. The number of benzene rings is 1. The Morgan fingerprint density at radius 2 is 2.12 bits per heavy atom. The molecule has 1 aromatic carbocycles. The number of anilines is 1. The number of aryl methyl sites for hydroxylation is 1. The maximum absolute atomic E-state index is 5.87. The van der Waals surface area contributed by atoms with Crippen LogP contribution in [0.2, 0.25) is 0 Å². The quantitative estimate of drug-likeness (QED) is 0.904. The smallest absolute Gasteiger partial charge is 0.122 e. The molecule has 0 fully saturated rings. The van der Waals surface area contributed by atoms with Gasteiger partial charge in [0.15, 0.2) is 0 Å². The molecule has 0 saturated carbocycles. The first-order chi connectivity index (χ1) is 8.08. The first kappa shape index (κ1) is 11.9. The number of nitrogen functional groups attached to an aromatic ring is 1. The van der Waals surface area contributed by atoms with E-state index in [0.717, 1.165) is 27.6 Å². The SMILES string of the molecule is Cc1cc(-c2ncsc2N)ccc1OC(C)C. The average Bonchev–Trinajstić information content (AvgIpc) is 2.67. The van der Waals surface area contributed by atoms with Gasteiger partial charge in [-0.15, -0.1) is 11.3 Å². The fourth-order valence-electron chi connectivity index (χ4n) is 1.65. The van der Waals surface area contributed by atoms with Crippen molar-refractivity contribution < 1.29 is 4.74 Å². The lowest BCUT2D eigenvalue weighted by atomic mass is 10.1. The van der Waals surface area contributed by atoms with Gasteiger partial charge >= 0.3 is 0 Å². The topological polar surface area (TPSA) is 48.1 Å². The molecule has 2 N–H and O–H groups in total. The minimum absolute atomic E-state index is 0.184. The van der Waals surface area contributed by atoms with Crippen LogP contribution >= 0.6 is 11.3 Å². The Bertz CT molecular complexity index is 520. The van der Waals surface area contributed by atoms with Crippen molar-refractivity contribution in [1.29, 1.82) is 0 Å². The van der Waals surface area contributed by atoms with Crippen molar-refractivity contribution in [1.82, 2.24) is 4.98 Å². The summed E-state index contributed by atoms with van der Waals surface area (Å²) in [5, 5.41) is 0.752. The normalized spacial score (nSPS) is 10.8. The van der Waals surface area contributed by atoms with Crippen LogP contribution in [0.3, 0.4) is 0 Å². The Balaban J connectivity index is 2.34. The standard InChI is InChI=1S/C13H16N2OS/c1-8(2)16-11-5-4-10(6-9(11)3)12-13(14)17-7-15-12/h4-8H,14H2,1-3H3. The zero-order chi connectivity index (χ0) is 12.4. The summed E-state index contributed by atoms with van der Waals surface area (Å²) in [7, 11) is 0. The molecule has 0 radical (unpaired) electrons. The number of thiazole rings is 1. The Morgan fingerprint density at radius 3 is 2.65 bits per heavy atom. The van der Waals surface area contributed by atoms with E-state index in [2.05, 4.69) is 11.1 Å². The predicted octanol–water partition coefficient (Wildman–Crippen LogP) is 3.49. The zero-order valence-corrected chi connectivity index (χ0v) is 11.0. The lowest BCUT2D eigenvalue weighted by Gasteiger charge is -2.13. The van der Waals surface area contributed by atoms with Gasteiger partial charge in [-0.3, -0.25) is 0 Å². The van der Waals surface area contributed by atoms with E-state index in [9.17, 15) is 0 Å². The van der Waals surface area contributed by atoms with Crippen LogP contribution in [0, 0.1) is 6.92 Å². The van der Waals surface area contributed by atoms with Crippen LogP contribution in [-0.4, -0.2) is 11.1 Å². The number of hydrogen-bond acceptors (Lipinski definition) is 4. The van der Waals surface area contributed by atoms with E-state index in [1.54, 1.807) is 5.51 Å². The highest BCUT2D eigenvalue weighted by Gasteiger charge is 2.08. The molecule has 0 aliphatic heterocycles. The van der Waals surface area contributed by atoms with Crippen molar-refractivity contribution in [2.24, 2.45) is 0 Å². The zero-order valence-electron chi connectivity index (χ0n) is 10.2. The molecule has 1 heterocycles. The fraction of sp³-hybridized carbons (Fsp3) is 0.308. The van der Waals surface area contributed by atoms with Crippen molar-refractivity contribution in [2.75, 3.05) is 5.73 Å². The molecule has 0 aliphatic carbocycles. The lowest BCUT2D eigenvalue weighted by Crippen LogP contribution is -2.06. The second kappa shape index (κ2) is 4.75. The number of rotatable bonds is 3. The summed E-state index contributed by atoms with van der Waals surface area (Å²) in [5.41, 5.74) is 10.6. The van der Waals surface area contributed by atoms with Crippen LogP contribution in [0.4, 0.5) is 5.00 Å². The fourth-order valence-corrected chi connectivity index (χ4v) is 2.21. The summed E-state index contributed by atoms with van der Waals surface area (Å²) in [6.45, 7) is 6.07. The molecule has 90 valence electrons. The number of nitrogens with two attached hydrogens (primary N) is 1. The molecule has 2 rings (SSSR count). The van der Waals surface area contributed by atoms with E-state index >= 15 is 0 Å². The van der Waals surface area contributed by atoms with E-state index in [1.807, 2.05) is 32.9 Å². The minimum atomic E-state index is 0.184. The third-order valence-electron chi connectivity index (χ3n) is 2.41. The molecule has 0 aliphatic rings. The maximum atomic E-state index is 5.87. The largest absolute Gasteiger partial charge is 0.491 e. The number of ether oxygens (including phenoxy) is 1. The molecule has 2 aromatic rings. The number of hydrogen-bond donors (Lipinski definition) is 1. The molecule has 0 saturated heterocycles. The van der Waals surface area contributed by atoms with Crippen molar-refractivity contribution in [3.63, 3.8) is 0 Å². The second-order valence-electron chi connectivity index (χ2n) is 4.21. The van der Waals surface area contributed by atoms with Gasteiger partial charge in [-0.2, -0.15) is 0 Å². The highest BCUT2D eigenvalue weighted by molar-refractivity contribution is 7.14. The maximum Gasteiger partial charge on any atom is 0.122 e. The molecule has 0 bridgehead atoms. The highest BCUT2D eigenvalue weighted by Crippen LogP contribution is 2.31. The molecule has 17 heavy (non-hydrogen) atoms. The van der Waals surface area contributed by atoms with Crippen LogP contribution in [0.1, 0.15) is 19.4 Å². The van der Waals surface area contributed by atoms with Crippen molar-refractivity contribution in [2.45, 2.75) is 26.9 Å². The summed E-state index contributed by atoms with van der Waals surface area (Å²) >= 11 is 1.46. The third-order valence-corrected chi connectivity index (χ3v) is 3.06. The summed E-state index contributed by atoms with van der Waals surface area (Å²) in [4.78, 5) is 4.27. The molecule has 0 amide bonds. The minimum Gasteiger partial charge on any atom is -0.491 e. The van der Waals surface area contributed by atoms with Gasteiger partial charge in [-0.25, -0.2) is 4.98 Å². The van der Waals surface area contributed by atoms with Gasteiger partial charge in [-0.1, -0.05) is 0 Å². The van der Waals surface area contributed by atoms with Crippen molar-refractivity contribution >= 4 is 16.3 Å². The lowest BCUT2D eigenvalue weighted by molar-refractivity contribution is 0.241. The predicted molar refractivity (Wildman–Crippen MR) is 72.5 cm³/mol. The van der Waals surface area contributed by atoms with Gasteiger partial charge in [-0.05, 0) is 44.5 Å². The Labute approximate surface area is 105 Å². The summed E-state index contributed by atoms with van der Waals surface area (Å²) in [5.74, 6) is 0.914. The number of nitrogens with zero attached hydrogens (tertiary/aromatic N) is 1. The molecule has 1 aromatic heterocycles. The van der Waals surface area contributed by atoms with Gasteiger partial charge in [0.2, 0.25) is 0 Å².